The Morgan fingerprint density at radius 3 is 2.85 bits per heavy atom. The molecule has 1 saturated heterocycles. The molecular formula is C13H21N7. The normalized spacial score (nSPS) is 16.9. The van der Waals surface area contributed by atoms with Crippen molar-refractivity contribution in [3.8, 4) is 11.4 Å². The van der Waals surface area contributed by atoms with Crippen molar-refractivity contribution >= 4 is 5.95 Å². The number of rotatable bonds is 3. The quantitative estimate of drug-likeness (QED) is 0.860. The van der Waals surface area contributed by atoms with Crippen LogP contribution in [0.3, 0.4) is 0 Å². The lowest BCUT2D eigenvalue weighted by Gasteiger charge is -2.28. The Kier molecular flexibility index (Phi) is 3.43. The average molecular weight is 275 g/mol. The molecule has 0 radical (unpaired) electrons. The zero-order chi connectivity index (χ0) is 14.1. The van der Waals surface area contributed by atoms with Crippen LogP contribution in [0, 0.1) is 0 Å². The number of hydrogen-bond acceptors (Lipinski definition) is 5. The fraction of sp³-hybridized carbons (Fsp3) is 0.615. The van der Waals surface area contributed by atoms with Crippen molar-refractivity contribution in [2.75, 3.05) is 18.0 Å². The van der Waals surface area contributed by atoms with Crippen LogP contribution < -0.4 is 10.6 Å². The van der Waals surface area contributed by atoms with Crippen LogP contribution in [0.4, 0.5) is 5.95 Å². The molecule has 2 aromatic heterocycles. The van der Waals surface area contributed by atoms with Gasteiger partial charge in [0.15, 0.2) is 5.82 Å². The van der Waals surface area contributed by atoms with Gasteiger partial charge >= 0.3 is 0 Å². The molecule has 1 fully saturated rings. The third kappa shape index (κ3) is 2.40. The minimum Gasteiger partial charge on any atom is -0.339 e. The van der Waals surface area contributed by atoms with E-state index in [1.54, 1.807) is 0 Å². The molecule has 0 unspecified atom stereocenters. The zero-order valence-electron chi connectivity index (χ0n) is 12.0. The Morgan fingerprint density at radius 2 is 2.15 bits per heavy atom. The standard InChI is InChI=1S/C13H21N7/c1-3-11-10(8-19(2)18-11)12-15-13(17-16-12)20-6-4-9(14)5-7-20/h8-9H,3-7,14H2,1-2H3,(H,15,16,17). The minimum absolute atomic E-state index is 0.315. The van der Waals surface area contributed by atoms with Crippen molar-refractivity contribution in [1.82, 2.24) is 25.0 Å². The third-order valence-corrected chi connectivity index (χ3v) is 3.79. The van der Waals surface area contributed by atoms with E-state index < -0.39 is 0 Å². The van der Waals surface area contributed by atoms with Gasteiger partial charge in [0.25, 0.3) is 0 Å². The maximum atomic E-state index is 5.93. The lowest BCUT2D eigenvalue weighted by atomic mass is 10.1. The molecule has 3 rings (SSSR count). The molecule has 0 spiro atoms. The van der Waals surface area contributed by atoms with E-state index in [1.165, 1.54) is 0 Å². The van der Waals surface area contributed by atoms with Gasteiger partial charge in [-0.05, 0) is 19.3 Å². The van der Waals surface area contributed by atoms with Gasteiger partial charge in [0.1, 0.15) is 0 Å². The number of aromatic amines is 1. The van der Waals surface area contributed by atoms with Gasteiger partial charge in [-0.3, -0.25) is 9.78 Å². The van der Waals surface area contributed by atoms with Crippen LogP contribution in [0.15, 0.2) is 6.20 Å². The number of aromatic nitrogens is 5. The highest BCUT2D eigenvalue weighted by Crippen LogP contribution is 2.22. The van der Waals surface area contributed by atoms with Gasteiger partial charge in [-0.1, -0.05) is 6.92 Å². The number of anilines is 1. The summed E-state index contributed by atoms with van der Waals surface area (Å²) in [6.07, 6.45) is 4.86. The summed E-state index contributed by atoms with van der Waals surface area (Å²) < 4.78 is 1.82. The summed E-state index contributed by atoms with van der Waals surface area (Å²) in [5, 5.41) is 11.8. The van der Waals surface area contributed by atoms with Crippen LogP contribution in [0.1, 0.15) is 25.5 Å². The Morgan fingerprint density at radius 1 is 1.40 bits per heavy atom. The van der Waals surface area contributed by atoms with Gasteiger partial charge < -0.3 is 10.6 Å². The van der Waals surface area contributed by atoms with Crippen LogP contribution in [0.25, 0.3) is 11.4 Å². The number of H-pyrrole nitrogens is 1. The monoisotopic (exact) mass is 275 g/mol. The van der Waals surface area contributed by atoms with E-state index in [4.69, 9.17) is 5.73 Å². The van der Waals surface area contributed by atoms with Crippen LogP contribution in [0.5, 0.6) is 0 Å². The van der Waals surface area contributed by atoms with Crippen molar-refractivity contribution in [1.29, 1.82) is 0 Å². The van der Waals surface area contributed by atoms with E-state index in [9.17, 15) is 0 Å². The van der Waals surface area contributed by atoms with Gasteiger partial charge in [-0.2, -0.15) is 10.1 Å². The first-order chi connectivity index (χ1) is 9.67. The molecule has 7 nitrogen and oxygen atoms in total. The van der Waals surface area contributed by atoms with Gasteiger partial charge in [-0.15, -0.1) is 5.10 Å². The maximum Gasteiger partial charge on any atom is 0.245 e. The second-order valence-corrected chi connectivity index (χ2v) is 5.33. The highest BCUT2D eigenvalue weighted by Gasteiger charge is 2.20. The van der Waals surface area contributed by atoms with Gasteiger partial charge in [0, 0.05) is 32.4 Å². The molecule has 3 heterocycles. The molecule has 1 aliphatic heterocycles. The van der Waals surface area contributed by atoms with Crippen molar-refractivity contribution < 1.29 is 0 Å². The number of hydrogen-bond donors (Lipinski definition) is 2. The number of nitrogens with two attached hydrogens (primary N) is 1. The van der Waals surface area contributed by atoms with E-state index in [-0.39, 0.29) is 0 Å². The highest BCUT2D eigenvalue weighted by molar-refractivity contribution is 5.58. The molecular weight excluding hydrogens is 254 g/mol. The lowest BCUT2D eigenvalue weighted by molar-refractivity contribution is 0.496. The molecule has 0 saturated carbocycles. The summed E-state index contributed by atoms with van der Waals surface area (Å²) in [5.41, 5.74) is 7.99. The maximum absolute atomic E-state index is 5.93. The average Bonchev–Trinajstić information content (AvgIpc) is 3.05. The number of nitrogens with zero attached hydrogens (tertiary/aromatic N) is 5. The van der Waals surface area contributed by atoms with Crippen molar-refractivity contribution in [3.05, 3.63) is 11.9 Å². The Hall–Kier alpha value is -1.89. The number of nitrogens with one attached hydrogen (secondary N) is 1. The van der Waals surface area contributed by atoms with Crippen molar-refractivity contribution in [2.45, 2.75) is 32.2 Å². The highest BCUT2D eigenvalue weighted by atomic mass is 15.4. The van der Waals surface area contributed by atoms with E-state index >= 15 is 0 Å². The van der Waals surface area contributed by atoms with Crippen LogP contribution in [0.2, 0.25) is 0 Å². The lowest BCUT2D eigenvalue weighted by Crippen LogP contribution is -2.40. The Bertz CT molecular complexity index is 577. The second kappa shape index (κ2) is 5.24. The molecule has 0 aliphatic carbocycles. The molecule has 3 N–H and O–H groups in total. The zero-order valence-corrected chi connectivity index (χ0v) is 12.0. The van der Waals surface area contributed by atoms with Crippen molar-refractivity contribution in [3.63, 3.8) is 0 Å². The van der Waals surface area contributed by atoms with Gasteiger partial charge in [-0.25, -0.2) is 0 Å². The summed E-state index contributed by atoms with van der Waals surface area (Å²) in [5.74, 6) is 1.55. The molecule has 1 aliphatic rings. The van der Waals surface area contributed by atoms with E-state index in [0.29, 0.717) is 6.04 Å². The Labute approximate surface area is 118 Å². The summed E-state index contributed by atoms with van der Waals surface area (Å²) in [6.45, 7) is 3.94. The summed E-state index contributed by atoms with van der Waals surface area (Å²) >= 11 is 0. The summed E-state index contributed by atoms with van der Waals surface area (Å²) in [6, 6.07) is 0.315. The molecule has 2 aromatic rings. The summed E-state index contributed by atoms with van der Waals surface area (Å²) in [4.78, 5) is 6.80. The predicted molar refractivity (Wildman–Crippen MR) is 77.4 cm³/mol. The topological polar surface area (TPSA) is 88.7 Å². The number of piperidine rings is 1. The fourth-order valence-corrected chi connectivity index (χ4v) is 2.61. The van der Waals surface area contributed by atoms with Crippen LogP contribution in [-0.4, -0.2) is 44.1 Å². The molecule has 0 bridgehead atoms. The SMILES string of the molecule is CCc1nn(C)cc1-c1nc(N2CCC(N)CC2)n[nH]1. The van der Waals surface area contributed by atoms with Gasteiger partial charge in [0.05, 0.1) is 11.3 Å². The molecule has 0 aromatic carbocycles. The first-order valence-electron chi connectivity index (χ1n) is 7.13. The first kappa shape index (κ1) is 13.1. The van der Waals surface area contributed by atoms with Crippen LogP contribution >= 0.6 is 0 Å². The Balaban J connectivity index is 1.83. The van der Waals surface area contributed by atoms with E-state index in [2.05, 4.69) is 32.1 Å². The fourth-order valence-electron chi connectivity index (χ4n) is 2.61. The molecule has 7 heteroatoms. The van der Waals surface area contributed by atoms with Gasteiger partial charge in [0.2, 0.25) is 5.95 Å². The second-order valence-electron chi connectivity index (χ2n) is 5.33. The van der Waals surface area contributed by atoms with Crippen LogP contribution in [-0.2, 0) is 13.5 Å². The first-order valence-corrected chi connectivity index (χ1v) is 7.13. The minimum atomic E-state index is 0.315. The predicted octanol–water partition coefficient (Wildman–Crippen LogP) is 0.695. The molecule has 20 heavy (non-hydrogen) atoms. The summed E-state index contributed by atoms with van der Waals surface area (Å²) in [7, 11) is 1.92. The van der Waals surface area contributed by atoms with E-state index in [0.717, 1.165) is 55.4 Å². The van der Waals surface area contributed by atoms with Crippen molar-refractivity contribution in [2.24, 2.45) is 12.8 Å². The van der Waals surface area contributed by atoms with E-state index in [1.807, 2.05) is 17.9 Å². The molecule has 0 amide bonds. The number of aryl methyl sites for hydroxylation is 2. The molecule has 108 valence electrons. The largest absolute Gasteiger partial charge is 0.339 e. The smallest absolute Gasteiger partial charge is 0.245 e. The third-order valence-electron chi connectivity index (χ3n) is 3.79. The molecule has 0 atom stereocenters.